The zero-order chi connectivity index (χ0) is 22.0. The van der Waals surface area contributed by atoms with Crippen molar-refractivity contribution in [1.82, 2.24) is 0 Å². The van der Waals surface area contributed by atoms with Crippen molar-refractivity contribution >= 4 is 22.1 Å². The molecule has 0 saturated carbocycles. The second kappa shape index (κ2) is 6.72. The maximum Gasteiger partial charge on any atom is 0.0411 e. The monoisotopic (exact) mass is 405 g/mol. The molecule has 1 nitrogen and oxygen atoms in total. The van der Waals surface area contributed by atoms with Gasteiger partial charge in [-0.3, -0.25) is 0 Å². The van der Waals surface area contributed by atoms with Crippen LogP contribution in [0.4, 0.5) is 11.4 Å². The van der Waals surface area contributed by atoms with Crippen LogP contribution >= 0.6 is 0 Å². The molecule has 0 amide bonds. The second-order valence-corrected chi connectivity index (χ2v) is 10.4. The van der Waals surface area contributed by atoms with Gasteiger partial charge in [0, 0.05) is 23.8 Å². The fraction of sp³-hybridized carbons (Fsp3) is 0.267. The number of fused-ring (bicyclic) bond motifs is 5. The second-order valence-electron chi connectivity index (χ2n) is 10.4. The predicted octanol–water partition coefficient (Wildman–Crippen LogP) is 8.21. The van der Waals surface area contributed by atoms with Crippen molar-refractivity contribution in [3.63, 3.8) is 0 Å². The maximum absolute atomic E-state index is 2.39. The van der Waals surface area contributed by atoms with Crippen LogP contribution in [0.25, 0.3) is 21.9 Å². The van der Waals surface area contributed by atoms with Gasteiger partial charge in [0.05, 0.1) is 0 Å². The van der Waals surface area contributed by atoms with Gasteiger partial charge >= 0.3 is 0 Å². The van der Waals surface area contributed by atoms with Crippen molar-refractivity contribution < 1.29 is 0 Å². The molecule has 1 aliphatic rings. The Morgan fingerprint density at radius 1 is 0.710 bits per heavy atom. The molecule has 0 aliphatic heterocycles. The molecule has 0 saturated heterocycles. The molecule has 0 bridgehead atoms. The standard InChI is InChI=1S/C30H31N/c1-29(2,3)21-12-14-22(15-13-21)31(6)23-16-17-25-27(19-23)30(4,5)26-18-11-20-9-7-8-10-24(20)28(25)26/h7-19H,1-6H3. The van der Waals surface area contributed by atoms with Gasteiger partial charge in [-0.15, -0.1) is 0 Å². The molecule has 31 heavy (non-hydrogen) atoms. The Morgan fingerprint density at radius 2 is 1.39 bits per heavy atom. The first kappa shape index (κ1) is 19.9. The topological polar surface area (TPSA) is 3.24 Å². The highest BCUT2D eigenvalue weighted by atomic mass is 15.1. The first-order chi connectivity index (χ1) is 14.7. The Labute approximate surface area is 186 Å². The lowest BCUT2D eigenvalue weighted by atomic mass is 9.82. The maximum atomic E-state index is 2.39. The smallest absolute Gasteiger partial charge is 0.0411 e. The van der Waals surface area contributed by atoms with E-state index in [1.165, 1.54) is 50.0 Å². The highest BCUT2D eigenvalue weighted by molar-refractivity contribution is 6.02. The summed E-state index contributed by atoms with van der Waals surface area (Å²) < 4.78 is 0. The van der Waals surface area contributed by atoms with Gasteiger partial charge < -0.3 is 4.90 Å². The van der Waals surface area contributed by atoms with E-state index < -0.39 is 0 Å². The molecule has 156 valence electrons. The third kappa shape index (κ3) is 3.07. The van der Waals surface area contributed by atoms with E-state index >= 15 is 0 Å². The molecular weight excluding hydrogens is 374 g/mol. The molecule has 4 aromatic carbocycles. The van der Waals surface area contributed by atoms with Crippen molar-refractivity contribution in [2.24, 2.45) is 0 Å². The molecule has 1 aliphatic carbocycles. The molecule has 5 rings (SSSR count). The van der Waals surface area contributed by atoms with Crippen LogP contribution in [0.1, 0.15) is 51.3 Å². The van der Waals surface area contributed by atoms with E-state index in [-0.39, 0.29) is 10.8 Å². The summed E-state index contributed by atoms with van der Waals surface area (Å²) in [4.78, 5) is 2.30. The minimum atomic E-state index is -0.0123. The molecule has 0 unspecified atom stereocenters. The van der Waals surface area contributed by atoms with E-state index in [1.807, 2.05) is 0 Å². The molecule has 0 aromatic heterocycles. The number of hydrogen-bond acceptors (Lipinski definition) is 1. The Kier molecular flexibility index (Phi) is 4.31. The van der Waals surface area contributed by atoms with Gasteiger partial charge in [-0.1, -0.05) is 89.2 Å². The summed E-state index contributed by atoms with van der Waals surface area (Å²) in [6.07, 6.45) is 0. The molecule has 0 atom stereocenters. The number of anilines is 2. The first-order valence-corrected chi connectivity index (χ1v) is 11.2. The normalized spacial score (nSPS) is 14.4. The zero-order valence-corrected chi connectivity index (χ0v) is 19.5. The van der Waals surface area contributed by atoms with Crippen LogP contribution in [0.2, 0.25) is 0 Å². The molecule has 1 heteroatoms. The Morgan fingerprint density at radius 3 is 2.10 bits per heavy atom. The number of nitrogens with zero attached hydrogens (tertiary/aromatic N) is 1. The molecule has 0 fully saturated rings. The van der Waals surface area contributed by atoms with Gasteiger partial charge in [0.15, 0.2) is 0 Å². The molecule has 0 spiro atoms. The highest BCUT2D eigenvalue weighted by Gasteiger charge is 2.36. The van der Waals surface area contributed by atoms with Crippen molar-refractivity contribution in [3.05, 3.63) is 95.6 Å². The highest BCUT2D eigenvalue weighted by Crippen LogP contribution is 2.52. The summed E-state index contributed by atoms with van der Waals surface area (Å²) in [7, 11) is 2.16. The lowest BCUT2D eigenvalue weighted by Gasteiger charge is -2.26. The predicted molar refractivity (Wildman–Crippen MR) is 135 cm³/mol. The van der Waals surface area contributed by atoms with Crippen LogP contribution in [-0.2, 0) is 10.8 Å². The fourth-order valence-electron chi connectivity index (χ4n) is 5.04. The van der Waals surface area contributed by atoms with Gasteiger partial charge in [-0.25, -0.2) is 0 Å². The first-order valence-electron chi connectivity index (χ1n) is 11.2. The van der Waals surface area contributed by atoms with E-state index in [9.17, 15) is 0 Å². The summed E-state index contributed by atoms with van der Waals surface area (Å²) in [6.45, 7) is 11.5. The van der Waals surface area contributed by atoms with E-state index in [4.69, 9.17) is 0 Å². The summed E-state index contributed by atoms with van der Waals surface area (Å²) in [5.74, 6) is 0. The molecular formula is C30H31N. The van der Waals surface area contributed by atoms with Crippen LogP contribution in [0.3, 0.4) is 0 Å². The van der Waals surface area contributed by atoms with Gasteiger partial charge in [0.25, 0.3) is 0 Å². The minimum absolute atomic E-state index is 0.0123. The van der Waals surface area contributed by atoms with Crippen molar-refractivity contribution in [3.8, 4) is 11.1 Å². The third-order valence-corrected chi connectivity index (χ3v) is 7.06. The number of benzene rings is 4. The average Bonchev–Trinajstić information content (AvgIpc) is 2.99. The molecule has 0 N–H and O–H groups in total. The van der Waals surface area contributed by atoms with Gasteiger partial charge in [-0.2, -0.15) is 0 Å². The summed E-state index contributed by atoms with van der Waals surface area (Å²) >= 11 is 0. The van der Waals surface area contributed by atoms with E-state index in [1.54, 1.807) is 0 Å². The SMILES string of the molecule is CN(c1ccc(C(C)(C)C)cc1)c1ccc2c(c1)C(C)(C)c1ccc3ccccc3c1-2. The van der Waals surface area contributed by atoms with E-state index in [0.29, 0.717) is 0 Å². The third-order valence-electron chi connectivity index (χ3n) is 7.06. The summed E-state index contributed by atoms with van der Waals surface area (Å²) in [6, 6.07) is 29.3. The molecule has 0 heterocycles. The van der Waals surface area contributed by atoms with E-state index in [2.05, 4.69) is 125 Å². The number of rotatable bonds is 2. The molecule has 4 aromatic rings. The van der Waals surface area contributed by atoms with Crippen LogP contribution in [0.15, 0.2) is 78.9 Å². The lowest BCUT2D eigenvalue weighted by Crippen LogP contribution is -2.16. The Hall–Kier alpha value is -3.06. The average molecular weight is 406 g/mol. The van der Waals surface area contributed by atoms with Crippen LogP contribution in [-0.4, -0.2) is 7.05 Å². The van der Waals surface area contributed by atoms with Gasteiger partial charge in [0.2, 0.25) is 0 Å². The quantitative estimate of drug-likeness (QED) is 0.325. The van der Waals surface area contributed by atoms with Crippen LogP contribution in [0, 0.1) is 0 Å². The van der Waals surface area contributed by atoms with Crippen LogP contribution < -0.4 is 4.90 Å². The summed E-state index contributed by atoms with van der Waals surface area (Å²) in [5, 5.41) is 2.66. The van der Waals surface area contributed by atoms with Gasteiger partial charge in [0.1, 0.15) is 0 Å². The largest absolute Gasteiger partial charge is 0.345 e. The number of hydrogen-bond donors (Lipinski definition) is 0. The van der Waals surface area contributed by atoms with Crippen molar-refractivity contribution in [2.45, 2.75) is 45.4 Å². The van der Waals surface area contributed by atoms with Crippen molar-refractivity contribution in [2.75, 3.05) is 11.9 Å². The minimum Gasteiger partial charge on any atom is -0.345 e. The zero-order valence-electron chi connectivity index (χ0n) is 19.5. The van der Waals surface area contributed by atoms with Crippen LogP contribution in [0.5, 0.6) is 0 Å². The van der Waals surface area contributed by atoms with Gasteiger partial charge in [-0.05, 0) is 68.3 Å². The van der Waals surface area contributed by atoms with E-state index in [0.717, 1.165) is 0 Å². The Balaban J connectivity index is 1.59. The fourth-order valence-corrected chi connectivity index (χ4v) is 5.04. The Bertz CT molecular complexity index is 1290. The lowest BCUT2D eigenvalue weighted by molar-refractivity contribution is 0.590. The molecule has 0 radical (unpaired) electrons. The summed E-state index contributed by atoms with van der Waals surface area (Å²) in [5.41, 5.74) is 9.58. The van der Waals surface area contributed by atoms with Crippen molar-refractivity contribution in [1.29, 1.82) is 0 Å².